The number of amides is 2. The zero-order valence-corrected chi connectivity index (χ0v) is 11.6. The molecule has 2 amide bonds. The molecule has 0 saturated carbocycles. The van der Waals surface area contributed by atoms with Crippen LogP contribution in [0.2, 0.25) is 0 Å². The normalized spacial score (nSPS) is 13.2. The van der Waals surface area contributed by atoms with E-state index in [4.69, 9.17) is 5.84 Å². The first-order valence-electron chi connectivity index (χ1n) is 6.50. The number of nitro benzene ring substituents is 1. The van der Waals surface area contributed by atoms with Crippen molar-refractivity contribution in [3.05, 3.63) is 58.3 Å². The van der Waals surface area contributed by atoms with Gasteiger partial charge in [0.25, 0.3) is 5.69 Å². The number of rotatable bonds is 3. The van der Waals surface area contributed by atoms with Gasteiger partial charge in [-0.05, 0) is 25.0 Å². The van der Waals surface area contributed by atoms with E-state index in [1.54, 1.807) is 12.2 Å². The van der Waals surface area contributed by atoms with Crippen LogP contribution in [-0.2, 0) is 9.59 Å². The van der Waals surface area contributed by atoms with Crippen LogP contribution < -0.4 is 11.2 Å². The lowest BCUT2D eigenvalue weighted by atomic mass is 10.1. The van der Waals surface area contributed by atoms with E-state index in [2.05, 4.69) is 5.32 Å². The van der Waals surface area contributed by atoms with Crippen LogP contribution in [0, 0.1) is 10.1 Å². The van der Waals surface area contributed by atoms with Crippen molar-refractivity contribution in [1.82, 2.24) is 5.01 Å². The lowest BCUT2D eigenvalue weighted by molar-refractivity contribution is -0.384. The van der Waals surface area contributed by atoms with Crippen molar-refractivity contribution < 1.29 is 14.5 Å². The van der Waals surface area contributed by atoms with E-state index in [1.165, 1.54) is 18.2 Å². The third-order valence-electron chi connectivity index (χ3n) is 2.98. The predicted molar refractivity (Wildman–Crippen MR) is 79.2 cm³/mol. The molecular formula is C14H14N4O4. The molecule has 1 aromatic rings. The first-order valence-corrected chi connectivity index (χ1v) is 6.50. The lowest BCUT2D eigenvalue weighted by Crippen LogP contribution is -2.43. The Balaban J connectivity index is 2.06. The first kappa shape index (κ1) is 15.4. The lowest BCUT2D eigenvalue weighted by Gasteiger charge is -2.18. The van der Waals surface area contributed by atoms with Crippen molar-refractivity contribution in [2.24, 2.45) is 5.84 Å². The second-order valence-electron chi connectivity index (χ2n) is 4.55. The molecule has 1 aromatic carbocycles. The maximum absolute atomic E-state index is 11.9. The fourth-order valence-electron chi connectivity index (χ4n) is 1.89. The van der Waals surface area contributed by atoms with E-state index in [0.29, 0.717) is 5.70 Å². The van der Waals surface area contributed by atoms with Gasteiger partial charge < -0.3 is 5.32 Å². The number of allylic oxidation sites excluding steroid dienone is 3. The maximum Gasteiger partial charge on any atom is 0.330 e. The Morgan fingerprint density at radius 2 is 2.09 bits per heavy atom. The Morgan fingerprint density at radius 1 is 1.32 bits per heavy atom. The molecule has 0 aliphatic heterocycles. The van der Waals surface area contributed by atoms with Crippen LogP contribution >= 0.6 is 0 Å². The number of nitrogens with zero attached hydrogens (tertiary/aromatic N) is 2. The molecule has 0 heterocycles. The standard InChI is InChI=1S/C14H14N4O4/c15-17(11-6-2-1-3-7-11)14(20)13(19)16-10-5-4-8-12(9-10)18(21)22/h2,4-9H,1,3,15H2,(H,16,19). The average Bonchev–Trinajstić information content (AvgIpc) is 2.54. The van der Waals surface area contributed by atoms with Gasteiger partial charge in [-0.2, -0.15) is 0 Å². The van der Waals surface area contributed by atoms with E-state index in [9.17, 15) is 19.7 Å². The molecule has 0 atom stereocenters. The Bertz CT molecular complexity index is 681. The zero-order chi connectivity index (χ0) is 16.1. The Kier molecular flexibility index (Phi) is 4.64. The van der Waals surface area contributed by atoms with Gasteiger partial charge in [0.15, 0.2) is 0 Å². The minimum atomic E-state index is -0.970. The second kappa shape index (κ2) is 6.64. The summed E-state index contributed by atoms with van der Waals surface area (Å²) in [5, 5.41) is 13.7. The molecule has 2 rings (SSSR count). The monoisotopic (exact) mass is 302 g/mol. The minimum absolute atomic E-state index is 0.147. The van der Waals surface area contributed by atoms with Crippen LogP contribution in [0.15, 0.2) is 48.2 Å². The van der Waals surface area contributed by atoms with Crippen LogP contribution in [-0.4, -0.2) is 21.7 Å². The highest BCUT2D eigenvalue weighted by atomic mass is 16.6. The SMILES string of the molecule is NN(C(=O)C(=O)Nc1cccc([N+](=O)[O-])c1)C1=CCCC=C1. The van der Waals surface area contributed by atoms with Gasteiger partial charge in [0.05, 0.1) is 10.6 Å². The van der Waals surface area contributed by atoms with Crippen molar-refractivity contribution >= 4 is 23.2 Å². The first-order chi connectivity index (χ1) is 10.5. The van der Waals surface area contributed by atoms with Gasteiger partial charge in [-0.1, -0.05) is 18.2 Å². The zero-order valence-electron chi connectivity index (χ0n) is 11.6. The number of benzene rings is 1. The van der Waals surface area contributed by atoms with E-state index in [-0.39, 0.29) is 11.4 Å². The molecular weight excluding hydrogens is 288 g/mol. The number of hydrazine groups is 1. The summed E-state index contributed by atoms with van der Waals surface area (Å²) in [6, 6.07) is 5.29. The number of carbonyl (C=O) groups is 2. The highest BCUT2D eigenvalue weighted by molar-refractivity contribution is 6.39. The van der Waals surface area contributed by atoms with Gasteiger partial charge in [-0.15, -0.1) is 0 Å². The molecule has 0 unspecified atom stereocenters. The molecule has 3 N–H and O–H groups in total. The van der Waals surface area contributed by atoms with E-state index in [0.717, 1.165) is 23.9 Å². The Morgan fingerprint density at radius 3 is 2.73 bits per heavy atom. The van der Waals surface area contributed by atoms with E-state index >= 15 is 0 Å². The summed E-state index contributed by atoms with van der Waals surface area (Å²) < 4.78 is 0. The highest BCUT2D eigenvalue weighted by Gasteiger charge is 2.22. The summed E-state index contributed by atoms with van der Waals surface area (Å²) in [4.78, 5) is 33.9. The van der Waals surface area contributed by atoms with Gasteiger partial charge in [-0.3, -0.25) is 19.7 Å². The molecule has 1 aliphatic rings. The number of hydrogen-bond donors (Lipinski definition) is 2. The Hall–Kier alpha value is -3.00. The quantitative estimate of drug-likeness (QED) is 0.288. The summed E-state index contributed by atoms with van der Waals surface area (Å²) in [5.41, 5.74) is 0.396. The summed E-state index contributed by atoms with van der Waals surface area (Å²) in [5.74, 6) is 3.70. The van der Waals surface area contributed by atoms with Crippen LogP contribution in [0.3, 0.4) is 0 Å². The third kappa shape index (κ3) is 3.55. The smallest absolute Gasteiger partial charge is 0.317 e. The summed E-state index contributed by atoms with van der Waals surface area (Å²) in [6.07, 6.45) is 6.84. The van der Waals surface area contributed by atoms with Gasteiger partial charge >= 0.3 is 11.8 Å². The molecule has 0 bridgehead atoms. The molecule has 1 aliphatic carbocycles. The van der Waals surface area contributed by atoms with E-state index < -0.39 is 16.7 Å². The number of anilines is 1. The Labute approximate surface area is 126 Å². The van der Waals surface area contributed by atoms with Crippen molar-refractivity contribution in [3.8, 4) is 0 Å². The predicted octanol–water partition coefficient (Wildman–Crippen LogP) is 1.47. The van der Waals surface area contributed by atoms with Crippen LogP contribution in [0.5, 0.6) is 0 Å². The molecule has 8 nitrogen and oxygen atoms in total. The molecule has 8 heteroatoms. The van der Waals surface area contributed by atoms with Crippen molar-refractivity contribution in [1.29, 1.82) is 0 Å². The van der Waals surface area contributed by atoms with Crippen LogP contribution in [0.4, 0.5) is 11.4 Å². The third-order valence-corrected chi connectivity index (χ3v) is 2.98. The van der Waals surface area contributed by atoms with Gasteiger partial charge in [0.1, 0.15) is 0 Å². The van der Waals surface area contributed by atoms with Crippen LogP contribution in [0.1, 0.15) is 12.8 Å². The van der Waals surface area contributed by atoms with E-state index in [1.807, 2.05) is 6.08 Å². The number of nitrogens with two attached hydrogens (primary N) is 1. The van der Waals surface area contributed by atoms with Gasteiger partial charge in [-0.25, -0.2) is 10.9 Å². The summed E-state index contributed by atoms with van der Waals surface area (Å²) in [6.45, 7) is 0. The van der Waals surface area contributed by atoms with Crippen LogP contribution in [0.25, 0.3) is 0 Å². The minimum Gasteiger partial charge on any atom is -0.317 e. The number of carbonyl (C=O) groups excluding carboxylic acids is 2. The molecule has 0 fully saturated rings. The molecule has 22 heavy (non-hydrogen) atoms. The number of non-ortho nitro benzene ring substituents is 1. The molecule has 0 radical (unpaired) electrons. The highest BCUT2D eigenvalue weighted by Crippen LogP contribution is 2.17. The van der Waals surface area contributed by atoms with Crippen molar-refractivity contribution in [2.45, 2.75) is 12.8 Å². The molecule has 0 spiro atoms. The van der Waals surface area contributed by atoms with Gasteiger partial charge in [0, 0.05) is 17.8 Å². The fourth-order valence-corrected chi connectivity index (χ4v) is 1.89. The number of hydrogen-bond acceptors (Lipinski definition) is 5. The van der Waals surface area contributed by atoms with Crippen molar-refractivity contribution in [3.63, 3.8) is 0 Å². The number of nitrogens with one attached hydrogen (secondary N) is 1. The largest absolute Gasteiger partial charge is 0.330 e. The number of nitro groups is 1. The topological polar surface area (TPSA) is 119 Å². The van der Waals surface area contributed by atoms with Crippen molar-refractivity contribution in [2.75, 3.05) is 5.32 Å². The van der Waals surface area contributed by atoms with Gasteiger partial charge in [0.2, 0.25) is 0 Å². The maximum atomic E-state index is 11.9. The second-order valence-corrected chi connectivity index (χ2v) is 4.55. The molecule has 0 saturated heterocycles. The summed E-state index contributed by atoms with van der Waals surface area (Å²) >= 11 is 0. The average molecular weight is 302 g/mol. The fraction of sp³-hybridized carbons (Fsp3) is 0.143. The molecule has 0 aromatic heterocycles. The summed E-state index contributed by atoms with van der Waals surface area (Å²) in [7, 11) is 0. The molecule has 114 valence electrons.